The first kappa shape index (κ1) is 21.8. The summed E-state index contributed by atoms with van der Waals surface area (Å²) in [6.45, 7) is -0.251. The summed E-state index contributed by atoms with van der Waals surface area (Å²) in [5.74, 6) is -4.26. The fraction of sp³-hybridized carbons (Fsp3) is 0.333. The molecule has 160 valence electrons. The summed E-state index contributed by atoms with van der Waals surface area (Å²) in [6, 6.07) is 5.58. The van der Waals surface area contributed by atoms with Gasteiger partial charge in [-0.15, -0.1) is 0 Å². The number of nitrogens with zero attached hydrogens (tertiary/aromatic N) is 1. The number of carbonyl (C=O) groups is 1. The fourth-order valence-corrected chi connectivity index (χ4v) is 3.18. The molecule has 3 rings (SSSR count). The van der Waals surface area contributed by atoms with Crippen molar-refractivity contribution in [1.82, 2.24) is 10.6 Å². The molecule has 1 aliphatic carbocycles. The van der Waals surface area contributed by atoms with Crippen molar-refractivity contribution in [3.63, 3.8) is 0 Å². The van der Waals surface area contributed by atoms with Crippen molar-refractivity contribution in [2.75, 3.05) is 0 Å². The lowest BCUT2D eigenvalue weighted by atomic mass is 9.93. The molecule has 2 aromatic rings. The maximum Gasteiger partial charge on any atom is 0.258 e. The zero-order valence-corrected chi connectivity index (χ0v) is 16.0. The Bertz CT molecular complexity index is 944. The Labute approximate surface area is 170 Å². The maximum absolute atomic E-state index is 13.9. The zero-order valence-electron chi connectivity index (χ0n) is 16.0. The van der Waals surface area contributed by atoms with Crippen LogP contribution in [0, 0.1) is 23.3 Å². The molecule has 0 atom stereocenters. The Kier molecular flexibility index (Phi) is 7.04. The van der Waals surface area contributed by atoms with Gasteiger partial charge in [0.15, 0.2) is 17.6 Å². The van der Waals surface area contributed by atoms with Gasteiger partial charge in [0.2, 0.25) is 0 Å². The second-order valence-electron chi connectivity index (χ2n) is 7.13. The van der Waals surface area contributed by atoms with Crippen LogP contribution in [-0.2, 0) is 6.54 Å². The number of halogens is 4. The molecule has 0 aromatic heterocycles. The first-order chi connectivity index (χ1) is 14.3. The Morgan fingerprint density at radius 2 is 1.67 bits per heavy atom. The highest BCUT2D eigenvalue weighted by atomic mass is 19.2. The molecule has 5 nitrogen and oxygen atoms in total. The van der Waals surface area contributed by atoms with Crippen molar-refractivity contribution < 1.29 is 27.5 Å². The van der Waals surface area contributed by atoms with Crippen LogP contribution in [0.5, 0.6) is 0 Å². The van der Waals surface area contributed by atoms with Crippen molar-refractivity contribution in [2.45, 2.75) is 44.4 Å². The van der Waals surface area contributed by atoms with Crippen molar-refractivity contribution in [3.05, 3.63) is 70.8 Å². The van der Waals surface area contributed by atoms with Crippen molar-refractivity contribution in [2.24, 2.45) is 4.99 Å². The van der Waals surface area contributed by atoms with Crippen LogP contribution in [0.4, 0.5) is 17.6 Å². The van der Waals surface area contributed by atoms with E-state index < -0.39 is 29.2 Å². The number of hydrogen-bond donors (Lipinski definition) is 3. The van der Waals surface area contributed by atoms with E-state index in [1.54, 1.807) is 0 Å². The molecule has 0 spiro atoms. The van der Waals surface area contributed by atoms with Gasteiger partial charge in [0, 0.05) is 17.2 Å². The van der Waals surface area contributed by atoms with Gasteiger partial charge in [-0.05, 0) is 62.1 Å². The minimum Gasteiger partial charge on any atom is -0.393 e. The number of aliphatic hydroxyl groups excluding tert-OH is 1. The van der Waals surface area contributed by atoms with Crippen LogP contribution in [0.3, 0.4) is 0 Å². The minimum atomic E-state index is -1.17. The number of benzene rings is 2. The number of carbonyl (C=O) groups excluding carboxylic acids is 1. The van der Waals surface area contributed by atoms with Gasteiger partial charge in [0.1, 0.15) is 11.6 Å². The van der Waals surface area contributed by atoms with Crippen LogP contribution in [0.2, 0.25) is 0 Å². The SMILES string of the molecule is O=C(NC(=NCc1cc(F)ccc1F)NC1CCC(O)CC1)c1ccc(F)c(F)c1. The number of aliphatic imine (C=N–C) groups is 1. The Morgan fingerprint density at radius 1 is 0.967 bits per heavy atom. The summed E-state index contributed by atoms with van der Waals surface area (Å²) < 4.78 is 53.8. The van der Waals surface area contributed by atoms with Gasteiger partial charge in [-0.25, -0.2) is 22.6 Å². The summed E-state index contributed by atoms with van der Waals surface area (Å²) in [5, 5.41) is 15.1. The van der Waals surface area contributed by atoms with Gasteiger partial charge >= 0.3 is 0 Å². The van der Waals surface area contributed by atoms with Crippen LogP contribution in [0.1, 0.15) is 41.6 Å². The smallest absolute Gasteiger partial charge is 0.258 e. The average molecular weight is 423 g/mol. The van der Waals surface area contributed by atoms with E-state index in [4.69, 9.17) is 0 Å². The third-order valence-electron chi connectivity index (χ3n) is 4.87. The van der Waals surface area contributed by atoms with Crippen molar-refractivity contribution in [1.29, 1.82) is 0 Å². The van der Waals surface area contributed by atoms with E-state index in [2.05, 4.69) is 15.6 Å². The molecule has 9 heteroatoms. The first-order valence-electron chi connectivity index (χ1n) is 9.51. The van der Waals surface area contributed by atoms with E-state index in [0.29, 0.717) is 25.7 Å². The van der Waals surface area contributed by atoms with Crippen LogP contribution in [-0.4, -0.2) is 29.1 Å². The second-order valence-corrected chi connectivity index (χ2v) is 7.13. The molecular formula is C21H21F4N3O2. The lowest BCUT2D eigenvalue weighted by molar-refractivity contribution is 0.0972. The summed E-state index contributed by atoms with van der Waals surface area (Å²) in [5.41, 5.74) is -0.130. The molecule has 3 N–H and O–H groups in total. The maximum atomic E-state index is 13.9. The van der Waals surface area contributed by atoms with Crippen LogP contribution < -0.4 is 10.6 Å². The van der Waals surface area contributed by atoms with E-state index in [-0.39, 0.29) is 35.8 Å². The summed E-state index contributed by atoms with van der Waals surface area (Å²) >= 11 is 0. The quantitative estimate of drug-likeness (QED) is 0.401. The highest BCUT2D eigenvalue weighted by Gasteiger charge is 2.21. The molecule has 0 aliphatic heterocycles. The topological polar surface area (TPSA) is 73.7 Å². The third kappa shape index (κ3) is 5.79. The molecule has 0 heterocycles. The van der Waals surface area contributed by atoms with Gasteiger partial charge in [0.25, 0.3) is 5.91 Å². The normalized spacial score (nSPS) is 19.4. The van der Waals surface area contributed by atoms with Gasteiger partial charge in [-0.2, -0.15) is 0 Å². The predicted molar refractivity (Wildman–Crippen MR) is 103 cm³/mol. The second kappa shape index (κ2) is 9.71. The number of nitrogens with one attached hydrogen (secondary N) is 2. The molecule has 1 fully saturated rings. The van der Waals surface area contributed by atoms with Gasteiger partial charge in [0.05, 0.1) is 12.6 Å². The number of rotatable bonds is 4. The predicted octanol–water partition coefficient (Wildman–Crippen LogP) is 3.42. The Hall–Kier alpha value is -2.94. The molecule has 1 aliphatic rings. The number of guanidine groups is 1. The molecule has 0 saturated heterocycles. The lowest BCUT2D eigenvalue weighted by Crippen LogP contribution is -2.47. The molecule has 0 unspecified atom stereocenters. The van der Waals surface area contributed by atoms with Crippen molar-refractivity contribution >= 4 is 11.9 Å². The summed E-state index contributed by atoms with van der Waals surface area (Å²) in [4.78, 5) is 16.6. The number of hydrogen-bond acceptors (Lipinski definition) is 3. The standard InChI is InChI=1S/C21H21F4N3O2/c22-14-2-8-17(23)13(9-14)11-26-21(27-15-3-5-16(29)6-4-15)28-20(30)12-1-7-18(24)19(25)10-12/h1-2,7-10,15-16,29H,3-6,11H2,(H2,26,27,28,30). The van der Waals surface area contributed by atoms with Crippen LogP contribution in [0.25, 0.3) is 0 Å². The van der Waals surface area contributed by atoms with E-state index >= 15 is 0 Å². The molecule has 30 heavy (non-hydrogen) atoms. The number of aliphatic hydroxyl groups is 1. The van der Waals surface area contributed by atoms with E-state index in [1.807, 2.05) is 0 Å². The van der Waals surface area contributed by atoms with Gasteiger partial charge in [-0.1, -0.05) is 0 Å². The van der Waals surface area contributed by atoms with Crippen LogP contribution in [0.15, 0.2) is 41.4 Å². The molecule has 0 bridgehead atoms. The third-order valence-corrected chi connectivity index (χ3v) is 4.87. The van der Waals surface area contributed by atoms with E-state index in [9.17, 15) is 27.5 Å². The highest BCUT2D eigenvalue weighted by molar-refractivity contribution is 6.05. The lowest BCUT2D eigenvalue weighted by Gasteiger charge is -2.27. The Balaban J connectivity index is 1.78. The minimum absolute atomic E-state index is 0.00422. The van der Waals surface area contributed by atoms with Gasteiger partial charge < -0.3 is 10.4 Å². The summed E-state index contributed by atoms with van der Waals surface area (Å²) in [6.07, 6.45) is 1.99. The van der Waals surface area contributed by atoms with Crippen LogP contribution >= 0.6 is 0 Å². The van der Waals surface area contributed by atoms with E-state index in [1.165, 1.54) is 0 Å². The highest BCUT2D eigenvalue weighted by Crippen LogP contribution is 2.18. The molecular weight excluding hydrogens is 402 g/mol. The molecule has 2 aromatic carbocycles. The summed E-state index contributed by atoms with van der Waals surface area (Å²) in [7, 11) is 0. The average Bonchev–Trinajstić information content (AvgIpc) is 2.72. The molecule has 1 saturated carbocycles. The zero-order chi connectivity index (χ0) is 21.7. The Morgan fingerprint density at radius 3 is 2.37 bits per heavy atom. The fourth-order valence-electron chi connectivity index (χ4n) is 3.18. The monoisotopic (exact) mass is 423 g/mol. The molecule has 1 amide bonds. The molecule has 0 radical (unpaired) electrons. The number of amides is 1. The largest absolute Gasteiger partial charge is 0.393 e. The first-order valence-corrected chi connectivity index (χ1v) is 9.51. The van der Waals surface area contributed by atoms with Crippen molar-refractivity contribution in [3.8, 4) is 0 Å². The van der Waals surface area contributed by atoms with Gasteiger partial charge in [-0.3, -0.25) is 10.1 Å². The van der Waals surface area contributed by atoms with E-state index in [0.717, 1.165) is 36.4 Å².